The van der Waals surface area contributed by atoms with Crippen LogP contribution in [0.4, 0.5) is 0 Å². The Morgan fingerprint density at radius 2 is 1.42 bits per heavy atom. The van der Waals surface area contributed by atoms with Gasteiger partial charge in [0.2, 0.25) is 0 Å². The molecule has 0 aliphatic heterocycles. The number of hydrogen-bond donors (Lipinski definition) is 0. The van der Waals surface area contributed by atoms with E-state index in [9.17, 15) is 0 Å². The molecule has 0 saturated heterocycles. The van der Waals surface area contributed by atoms with Gasteiger partial charge in [-0.1, -0.05) is 13.8 Å². The topological polar surface area (TPSA) is 3.24 Å². The Morgan fingerprint density at radius 1 is 1.08 bits per heavy atom. The fourth-order valence-corrected chi connectivity index (χ4v) is 1.04. The van der Waals surface area contributed by atoms with Crippen molar-refractivity contribution in [3.05, 3.63) is 0 Å². The van der Waals surface area contributed by atoms with Gasteiger partial charge in [-0.25, -0.2) is 0 Å². The summed E-state index contributed by atoms with van der Waals surface area (Å²) >= 11 is 6.24. The van der Waals surface area contributed by atoms with E-state index in [4.69, 9.17) is 11.6 Å². The highest BCUT2D eigenvalue weighted by Crippen LogP contribution is 2.36. The second-order valence-electron chi connectivity index (χ2n) is 4.59. The molecule has 0 N–H and O–H groups in total. The summed E-state index contributed by atoms with van der Waals surface area (Å²) in [6, 6.07) is 0. The normalized spacial score (nSPS) is 13.0. The minimum Gasteiger partial charge on any atom is -0.309 e. The maximum absolute atomic E-state index is 6.24. The van der Waals surface area contributed by atoms with E-state index in [-0.39, 0.29) is 22.7 Å². The molecule has 0 bridgehead atoms. The van der Waals surface area contributed by atoms with E-state index in [1.165, 1.54) is 0 Å². The van der Waals surface area contributed by atoms with Crippen LogP contribution in [-0.2, 0) is 0 Å². The molecule has 3 heteroatoms. The first-order chi connectivity index (χ1) is 4.67. The monoisotopic (exact) mass is 213 g/mol. The molecular weight excluding hydrogens is 193 g/mol. The van der Waals surface area contributed by atoms with Crippen molar-refractivity contribution in [2.75, 3.05) is 20.6 Å². The summed E-state index contributed by atoms with van der Waals surface area (Å²) in [7, 11) is 4.15. The van der Waals surface area contributed by atoms with Gasteiger partial charge in [0.15, 0.2) is 0 Å². The van der Waals surface area contributed by atoms with E-state index >= 15 is 0 Å². The standard InChI is InChI=1S/C9H20ClN.ClH/c1-8(2,7-11(5)6)9(3,4)10;/h7H2,1-6H3;1H. The molecule has 0 unspecified atom stereocenters. The van der Waals surface area contributed by atoms with Crippen molar-refractivity contribution in [3.8, 4) is 0 Å². The smallest absolute Gasteiger partial charge is 0.0453 e. The average Bonchev–Trinajstić information content (AvgIpc) is 1.56. The van der Waals surface area contributed by atoms with Crippen LogP contribution in [-0.4, -0.2) is 30.4 Å². The lowest BCUT2D eigenvalue weighted by atomic mass is 9.80. The molecule has 1 nitrogen and oxygen atoms in total. The second kappa shape index (κ2) is 4.69. The minimum atomic E-state index is -0.142. The van der Waals surface area contributed by atoms with Crippen LogP contribution >= 0.6 is 24.0 Å². The van der Waals surface area contributed by atoms with Gasteiger partial charge in [0.25, 0.3) is 0 Å². The molecule has 0 saturated carbocycles. The predicted molar refractivity (Wildman–Crippen MR) is 59.5 cm³/mol. The van der Waals surface area contributed by atoms with Gasteiger partial charge in [-0.15, -0.1) is 24.0 Å². The van der Waals surface area contributed by atoms with E-state index < -0.39 is 0 Å². The van der Waals surface area contributed by atoms with Gasteiger partial charge in [0.1, 0.15) is 0 Å². The van der Waals surface area contributed by atoms with Crippen molar-refractivity contribution in [1.82, 2.24) is 4.90 Å². The van der Waals surface area contributed by atoms with E-state index in [1.807, 2.05) is 0 Å². The Bertz CT molecular complexity index is 125. The summed E-state index contributed by atoms with van der Waals surface area (Å²) in [5.74, 6) is 0. The molecule has 0 heterocycles. The Hall–Kier alpha value is 0.540. The first kappa shape index (κ1) is 15.0. The molecule has 0 atom stereocenters. The number of nitrogens with zero attached hydrogens (tertiary/aromatic N) is 1. The zero-order valence-corrected chi connectivity index (χ0v) is 10.5. The summed E-state index contributed by atoms with van der Waals surface area (Å²) < 4.78 is 0. The maximum Gasteiger partial charge on any atom is 0.0453 e. The van der Waals surface area contributed by atoms with Crippen molar-refractivity contribution in [2.24, 2.45) is 5.41 Å². The fraction of sp³-hybridized carbons (Fsp3) is 1.00. The van der Waals surface area contributed by atoms with Crippen LogP contribution in [0.15, 0.2) is 0 Å². The molecule has 0 aromatic heterocycles. The number of alkyl halides is 1. The molecule has 0 spiro atoms. The van der Waals surface area contributed by atoms with E-state index in [2.05, 4.69) is 46.7 Å². The molecule has 0 fully saturated rings. The fourth-order valence-electron chi connectivity index (χ4n) is 0.979. The molecule has 0 aromatic carbocycles. The Balaban J connectivity index is 0. The second-order valence-corrected chi connectivity index (χ2v) is 5.54. The first-order valence-electron chi connectivity index (χ1n) is 4.00. The van der Waals surface area contributed by atoms with Crippen LogP contribution in [0.1, 0.15) is 27.7 Å². The van der Waals surface area contributed by atoms with Gasteiger partial charge < -0.3 is 4.90 Å². The Morgan fingerprint density at radius 3 is 1.50 bits per heavy atom. The van der Waals surface area contributed by atoms with Gasteiger partial charge in [-0.3, -0.25) is 0 Å². The summed E-state index contributed by atoms with van der Waals surface area (Å²) in [6.07, 6.45) is 0. The largest absolute Gasteiger partial charge is 0.309 e. The zero-order valence-electron chi connectivity index (χ0n) is 8.94. The third-order valence-corrected chi connectivity index (χ3v) is 2.83. The van der Waals surface area contributed by atoms with Gasteiger partial charge in [-0.2, -0.15) is 0 Å². The summed E-state index contributed by atoms with van der Waals surface area (Å²) in [5.41, 5.74) is 0.151. The highest BCUT2D eigenvalue weighted by Gasteiger charge is 2.35. The van der Waals surface area contributed by atoms with Crippen molar-refractivity contribution >= 4 is 24.0 Å². The summed E-state index contributed by atoms with van der Waals surface area (Å²) in [6.45, 7) is 9.54. The lowest BCUT2D eigenvalue weighted by molar-refractivity contribution is 0.192. The van der Waals surface area contributed by atoms with Crippen molar-refractivity contribution in [2.45, 2.75) is 32.6 Å². The molecule has 0 amide bonds. The van der Waals surface area contributed by atoms with Crippen LogP contribution in [0.2, 0.25) is 0 Å². The highest BCUT2D eigenvalue weighted by molar-refractivity contribution is 6.23. The third kappa shape index (κ3) is 4.54. The first-order valence-corrected chi connectivity index (χ1v) is 4.38. The molecule has 76 valence electrons. The van der Waals surface area contributed by atoms with Crippen LogP contribution in [0.5, 0.6) is 0 Å². The average molecular weight is 214 g/mol. The molecular formula is C9H21Cl2N. The number of rotatable bonds is 3. The summed E-state index contributed by atoms with van der Waals surface area (Å²) in [4.78, 5) is 2.03. The van der Waals surface area contributed by atoms with E-state index in [0.29, 0.717) is 0 Å². The van der Waals surface area contributed by atoms with E-state index in [0.717, 1.165) is 6.54 Å². The van der Waals surface area contributed by atoms with Crippen molar-refractivity contribution < 1.29 is 0 Å². The molecule has 12 heavy (non-hydrogen) atoms. The van der Waals surface area contributed by atoms with Gasteiger partial charge >= 0.3 is 0 Å². The Kier molecular flexibility index (Phi) is 5.87. The Labute approximate surface area is 87.9 Å². The quantitative estimate of drug-likeness (QED) is 0.653. The van der Waals surface area contributed by atoms with Crippen LogP contribution < -0.4 is 0 Å². The molecule has 0 aliphatic rings. The van der Waals surface area contributed by atoms with E-state index in [1.54, 1.807) is 0 Å². The van der Waals surface area contributed by atoms with Crippen LogP contribution in [0, 0.1) is 5.41 Å². The van der Waals surface area contributed by atoms with Gasteiger partial charge in [-0.05, 0) is 33.4 Å². The number of halogens is 2. The van der Waals surface area contributed by atoms with Gasteiger partial charge in [0, 0.05) is 11.4 Å². The zero-order chi connectivity index (χ0) is 9.28. The predicted octanol–water partition coefficient (Wildman–Crippen LogP) is 3.01. The highest BCUT2D eigenvalue weighted by atomic mass is 35.5. The third-order valence-electron chi connectivity index (χ3n) is 2.32. The minimum absolute atomic E-state index is 0. The lowest BCUT2D eigenvalue weighted by Gasteiger charge is -2.38. The number of hydrogen-bond acceptors (Lipinski definition) is 1. The molecule has 0 aromatic rings. The molecule has 0 radical (unpaired) electrons. The molecule has 0 rings (SSSR count). The van der Waals surface area contributed by atoms with Gasteiger partial charge in [0.05, 0.1) is 0 Å². The maximum atomic E-state index is 6.24. The van der Waals surface area contributed by atoms with Crippen LogP contribution in [0.25, 0.3) is 0 Å². The lowest BCUT2D eigenvalue weighted by Crippen LogP contribution is -2.41. The van der Waals surface area contributed by atoms with Crippen LogP contribution in [0.3, 0.4) is 0 Å². The molecule has 0 aliphatic carbocycles. The SMILES string of the molecule is CN(C)CC(C)(C)C(C)(C)Cl.Cl. The van der Waals surface area contributed by atoms with Crippen molar-refractivity contribution in [3.63, 3.8) is 0 Å². The summed E-state index contributed by atoms with van der Waals surface area (Å²) in [5, 5.41) is 0. The van der Waals surface area contributed by atoms with Crippen molar-refractivity contribution in [1.29, 1.82) is 0 Å².